The smallest absolute Gasteiger partial charge is 0.119 e. The van der Waals surface area contributed by atoms with E-state index in [9.17, 15) is 0 Å². The lowest BCUT2D eigenvalue weighted by Gasteiger charge is -2.43. The Balaban J connectivity index is 1.15. The second-order valence-corrected chi connectivity index (χ2v) is 18.2. The van der Waals surface area contributed by atoms with E-state index >= 15 is 0 Å². The molecule has 4 fully saturated rings. The molecule has 0 amide bonds. The van der Waals surface area contributed by atoms with E-state index in [0.717, 1.165) is 47.0 Å². The second kappa shape index (κ2) is 21.3. The summed E-state index contributed by atoms with van der Waals surface area (Å²) in [5.74, 6) is 8.80. The SMILES string of the molecule is CCCCC1CCC(C2CCC(C(OC(c3ccc(OCC)cc3)C3CCC(C4CCC(CCCC)CC4)CC3)c3ccc(OCC)cc3)CC2)CC1. The lowest BCUT2D eigenvalue weighted by atomic mass is 9.67. The molecule has 2 aromatic carbocycles. The minimum absolute atomic E-state index is 0.115. The maximum Gasteiger partial charge on any atom is 0.119 e. The molecule has 0 aliphatic heterocycles. The zero-order chi connectivity index (χ0) is 36.8. The topological polar surface area (TPSA) is 27.7 Å². The first-order valence-electron chi connectivity index (χ1n) is 23.2. The molecule has 2 atom stereocenters. The molecule has 2 aromatic rings. The van der Waals surface area contributed by atoms with Crippen LogP contribution in [0.25, 0.3) is 0 Å². The molecule has 0 heterocycles. The molecule has 296 valence electrons. The molecule has 0 radical (unpaired) electrons. The van der Waals surface area contributed by atoms with E-state index in [2.05, 4.69) is 76.2 Å². The Hall–Kier alpha value is -2.00. The summed E-state index contributed by atoms with van der Waals surface area (Å²) in [7, 11) is 0. The molecule has 53 heavy (non-hydrogen) atoms. The third-order valence-electron chi connectivity index (χ3n) is 14.9. The van der Waals surface area contributed by atoms with Crippen LogP contribution in [0.3, 0.4) is 0 Å². The first kappa shape index (κ1) is 40.7. The Labute approximate surface area is 326 Å². The van der Waals surface area contributed by atoms with Crippen molar-refractivity contribution >= 4 is 0 Å². The molecule has 0 N–H and O–H groups in total. The maximum absolute atomic E-state index is 7.68. The van der Waals surface area contributed by atoms with E-state index in [1.807, 2.05) is 0 Å². The van der Waals surface area contributed by atoms with Crippen LogP contribution in [0.1, 0.15) is 192 Å². The van der Waals surface area contributed by atoms with Crippen LogP contribution in [0.2, 0.25) is 0 Å². The van der Waals surface area contributed by atoms with Crippen molar-refractivity contribution in [3.63, 3.8) is 0 Å². The number of hydrogen-bond donors (Lipinski definition) is 0. The minimum Gasteiger partial charge on any atom is -0.494 e. The molecule has 4 aliphatic carbocycles. The van der Waals surface area contributed by atoms with Gasteiger partial charge < -0.3 is 14.2 Å². The number of hydrogen-bond acceptors (Lipinski definition) is 3. The lowest BCUT2D eigenvalue weighted by molar-refractivity contribution is -0.0935. The largest absolute Gasteiger partial charge is 0.494 e. The predicted octanol–water partition coefficient (Wildman–Crippen LogP) is 14.9. The van der Waals surface area contributed by atoms with Gasteiger partial charge in [-0.25, -0.2) is 0 Å². The van der Waals surface area contributed by atoms with Crippen molar-refractivity contribution in [1.82, 2.24) is 0 Å². The zero-order valence-corrected chi connectivity index (χ0v) is 34.6. The van der Waals surface area contributed by atoms with Crippen molar-refractivity contribution in [1.29, 1.82) is 0 Å². The van der Waals surface area contributed by atoms with Crippen LogP contribution in [0.5, 0.6) is 11.5 Å². The third kappa shape index (κ3) is 11.5. The average Bonchev–Trinajstić information content (AvgIpc) is 3.21. The Morgan fingerprint density at radius 3 is 1.06 bits per heavy atom. The summed E-state index contributed by atoms with van der Waals surface area (Å²) in [4.78, 5) is 0. The maximum atomic E-state index is 7.68. The minimum atomic E-state index is 0.115. The van der Waals surface area contributed by atoms with Crippen LogP contribution in [-0.2, 0) is 4.74 Å². The van der Waals surface area contributed by atoms with Crippen LogP contribution in [0.15, 0.2) is 48.5 Å². The number of ether oxygens (including phenoxy) is 3. The molecular weight excluding hydrogens is 649 g/mol. The van der Waals surface area contributed by atoms with E-state index < -0.39 is 0 Å². The quantitative estimate of drug-likeness (QED) is 0.153. The molecule has 3 nitrogen and oxygen atoms in total. The normalized spacial score (nSPS) is 30.7. The molecule has 2 unspecified atom stereocenters. The molecule has 4 aliphatic rings. The first-order valence-corrected chi connectivity index (χ1v) is 23.2. The molecule has 0 bridgehead atoms. The van der Waals surface area contributed by atoms with Crippen molar-refractivity contribution in [2.45, 2.75) is 181 Å². The molecule has 0 aromatic heterocycles. The van der Waals surface area contributed by atoms with Crippen molar-refractivity contribution in [3.8, 4) is 11.5 Å². The van der Waals surface area contributed by atoms with Crippen molar-refractivity contribution in [2.75, 3.05) is 13.2 Å². The highest BCUT2D eigenvalue weighted by molar-refractivity contribution is 5.31. The van der Waals surface area contributed by atoms with E-state index in [4.69, 9.17) is 14.2 Å². The molecule has 3 heteroatoms. The highest BCUT2D eigenvalue weighted by Crippen LogP contribution is 2.50. The fraction of sp³-hybridized carbons (Fsp3) is 0.760. The predicted molar refractivity (Wildman–Crippen MR) is 223 cm³/mol. The van der Waals surface area contributed by atoms with Gasteiger partial charge in [0, 0.05) is 0 Å². The van der Waals surface area contributed by atoms with Gasteiger partial charge in [-0.1, -0.05) is 102 Å². The van der Waals surface area contributed by atoms with Crippen LogP contribution in [-0.4, -0.2) is 13.2 Å². The lowest BCUT2D eigenvalue weighted by Crippen LogP contribution is -2.31. The van der Waals surface area contributed by atoms with Gasteiger partial charge in [-0.15, -0.1) is 0 Å². The fourth-order valence-electron chi connectivity index (χ4n) is 11.6. The highest BCUT2D eigenvalue weighted by Gasteiger charge is 2.39. The van der Waals surface area contributed by atoms with Gasteiger partial charge in [0.2, 0.25) is 0 Å². The standard InChI is InChI=1S/C50H78O3/c1-5-9-11-37-13-17-39(18-14-37)41-21-25-43(26-22-41)49(45-29-33-47(34-30-45)51-7-3)53-50(46-31-35-48(36-32-46)52-8-4)44-27-23-42(24-28-44)40-19-15-38(16-20-40)12-10-6-2/h29-44,49-50H,5-28H2,1-4H3. The zero-order valence-electron chi connectivity index (χ0n) is 34.6. The van der Waals surface area contributed by atoms with Gasteiger partial charge in [0.25, 0.3) is 0 Å². The summed E-state index contributed by atoms with van der Waals surface area (Å²) in [5.41, 5.74) is 2.69. The fourth-order valence-corrected chi connectivity index (χ4v) is 11.6. The summed E-state index contributed by atoms with van der Waals surface area (Å²) >= 11 is 0. The van der Waals surface area contributed by atoms with E-state index in [1.54, 1.807) is 0 Å². The van der Waals surface area contributed by atoms with E-state index in [-0.39, 0.29) is 12.2 Å². The van der Waals surface area contributed by atoms with Crippen LogP contribution in [0, 0.1) is 47.3 Å². The number of unbranched alkanes of at least 4 members (excludes halogenated alkanes) is 2. The summed E-state index contributed by atoms with van der Waals surface area (Å²) in [6.45, 7) is 10.2. The molecular formula is C50H78O3. The molecule has 4 saturated carbocycles. The van der Waals surface area contributed by atoms with Gasteiger partial charge in [-0.05, 0) is 174 Å². The van der Waals surface area contributed by atoms with Crippen molar-refractivity contribution in [2.24, 2.45) is 47.3 Å². The first-order chi connectivity index (χ1) is 26.1. The van der Waals surface area contributed by atoms with Gasteiger partial charge >= 0.3 is 0 Å². The van der Waals surface area contributed by atoms with Gasteiger partial charge in [-0.3, -0.25) is 0 Å². The van der Waals surface area contributed by atoms with Gasteiger partial charge in [0.05, 0.1) is 25.4 Å². The summed E-state index contributed by atoms with van der Waals surface area (Å²) < 4.78 is 19.5. The van der Waals surface area contributed by atoms with Crippen LogP contribution >= 0.6 is 0 Å². The van der Waals surface area contributed by atoms with Crippen LogP contribution < -0.4 is 9.47 Å². The van der Waals surface area contributed by atoms with Crippen LogP contribution in [0.4, 0.5) is 0 Å². The number of benzene rings is 2. The summed E-state index contributed by atoms with van der Waals surface area (Å²) in [6, 6.07) is 18.0. The Morgan fingerprint density at radius 1 is 0.434 bits per heavy atom. The Morgan fingerprint density at radius 2 is 0.755 bits per heavy atom. The van der Waals surface area contributed by atoms with Gasteiger partial charge in [0.1, 0.15) is 11.5 Å². The Kier molecular flexibility index (Phi) is 16.4. The monoisotopic (exact) mass is 727 g/mol. The van der Waals surface area contributed by atoms with Crippen molar-refractivity contribution < 1.29 is 14.2 Å². The summed E-state index contributed by atoms with van der Waals surface area (Å²) in [6.07, 6.45) is 31.2. The Bertz CT molecular complexity index is 1160. The van der Waals surface area contributed by atoms with Crippen molar-refractivity contribution in [3.05, 3.63) is 59.7 Å². The third-order valence-corrected chi connectivity index (χ3v) is 14.9. The average molecular weight is 727 g/mol. The molecule has 0 spiro atoms. The van der Waals surface area contributed by atoms with E-state index in [1.165, 1.54) is 152 Å². The second-order valence-electron chi connectivity index (χ2n) is 18.2. The molecule has 0 saturated heterocycles. The molecule has 6 rings (SSSR count). The summed E-state index contributed by atoms with van der Waals surface area (Å²) in [5, 5.41) is 0. The van der Waals surface area contributed by atoms with E-state index in [0.29, 0.717) is 25.0 Å². The van der Waals surface area contributed by atoms with Gasteiger partial charge in [-0.2, -0.15) is 0 Å². The van der Waals surface area contributed by atoms with Gasteiger partial charge in [0.15, 0.2) is 0 Å². The highest BCUT2D eigenvalue weighted by atomic mass is 16.5. The number of rotatable bonds is 18.